The van der Waals surface area contributed by atoms with Crippen LogP contribution in [-0.4, -0.2) is 23.1 Å². The van der Waals surface area contributed by atoms with E-state index in [0.717, 1.165) is 29.2 Å². The highest BCUT2D eigenvalue weighted by Gasteiger charge is 2.29. The van der Waals surface area contributed by atoms with Crippen LogP contribution in [0.4, 0.5) is 0 Å². The van der Waals surface area contributed by atoms with E-state index in [0.29, 0.717) is 0 Å². The third-order valence-corrected chi connectivity index (χ3v) is 4.69. The molecule has 1 fully saturated rings. The van der Waals surface area contributed by atoms with Gasteiger partial charge in [-0.1, -0.05) is 60.5 Å². The number of piperidine rings is 1. The molecule has 0 amide bonds. The lowest BCUT2D eigenvalue weighted by Gasteiger charge is -2.37. The van der Waals surface area contributed by atoms with Gasteiger partial charge in [-0.05, 0) is 49.2 Å². The van der Waals surface area contributed by atoms with Gasteiger partial charge in [-0.2, -0.15) is 0 Å². The van der Waals surface area contributed by atoms with Gasteiger partial charge in [0.05, 0.1) is 12.1 Å². The van der Waals surface area contributed by atoms with Crippen molar-refractivity contribution in [2.24, 2.45) is 0 Å². The van der Waals surface area contributed by atoms with Crippen LogP contribution in [-0.2, 0) is 0 Å². The zero-order chi connectivity index (χ0) is 15.4. The van der Waals surface area contributed by atoms with E-state index in [1.54, 1.807) is 0 Å². The summed E-state index contributed by atoms with van der Waals surface area (Å²) in [6, 6.07) is 17.8. The fourth-order valence-electron chi connectivity index (χ4n) is 3.28. The highest BCUT2D eigenvalue weighted by Crippen LogP contribution is 2.36. The molecule has 3 heteroatoms. The number of nitrogens with zero attached hydrogens (tertiary/aromatic N) is 1. The molecule has 1 N–H and O–H groups in total. The molecule has 1 heterocycles. The second kappa shape index (κ2) is 7.28. The van der Waals surface area contributed by atoms with Crippen molar-refractivity contribution in [2.75, 3.05) is 13.1 Å². The second-order valence-corrected chi connectivity index (χ2v) is 6.38. The Labute approximate surface area is 137 Å². The van der Waals surface area contributed by atoms with Crippen molar-refractivity contribution in [2.45, 2.75) is 31.4 Å². The molecule has 0 bridgehead atoms. The summed E-state index contributed by atoms with van der Waals surface area (Å²) in [7, 11) is 0. The van der Waals surface area contributed by atoms with Crippen molar-refractivity contribution in [3.63, 3.8) is 0 Å². The van der Waals surface area contributed by atoms with Crippen molar-refractivity contribution in [1.82, 2.24) is 4.90 Å². The van der Waals surface area contributed by atoms with Gasteiger partial charge in [0.15, 0.2) is 0 Å². The molecule has 1 saturated heterocycles. The average Bonchev–Trinajstić information content (AvgIpc) is 2.58. The lowest BCUT2D eigenvalue weighted by Crippen LogP contribution is -2.37. The normalized spacial score (nSPS) is 18.8. The largest absolute Gasteiger partial charge is 0.386 e. The summed E-state index contributed by atoms with van der Waals surface area (Å²) >= 11 is 6.02. The molecule has 2 aromatic rings. The Morgan fingerprint density at radius 3 is 2.09 bits per heavy atom. The van der Waals surface area contributed by atoms with E-state index in [9.17, 15) is 5.11 Å². The molecule has 3 rings (SSSR count). The second-order valence-electron chi connectivity index (χ2n) is 5.95. The molecular weight excluding hydrogens is 294 g/mol. The van der Waals surface area contributed by atoms with E-state index in [1.807, 2.05) is 54.6 Å². The van der Waals surface area contributed by atoms with E-state index < -0.39 is 6.10 Å². The van der Waals surface area contributed by atoms with Gasteiger partial charge >= 0.3 is 0 Å². The Kier molecular flexibility index (Phi) is 5.14. The summed E-state index contributed by atoms with van der Waals surface area (Å²) in [6.07, 6.45) is 3.16. The van der Waals surface area contributed by atoms with E-state index in [2.05, 4.69) is 4.90 Å². The quantitative estimate of drug-likeness (QED) is 0.891. The summed E-state index contributed by atoms with van der Waals surface area (Å²) in [5.74, 6) is 0. The van der Waals surface area contributed by atoms with Gasteiger partial charge < -0.3 is 5.11 Å². The zero-order valence-corrected chi connectivity index (χ0v) is 13.4. The Bertz CT molecular complexity index is 578. The SMILES string of the molecule is O[C@H](c1ccccc1)[C@H](c1ccc(Cl)cc1)N1CCCCC1. The number of halogens is 1. The monoisotopic (exact) mass is 315 g/mol. The third-order valence-electron chi connectivity index (χ3n) is 4.44. The van der Waals surface area contributed by atoms with E-state index in [-0.39, 0.29) is 6.04 Å². The summed E-state index contributed by atoms with van der Waals surface area (Å²) in [6.45, 7) is 2.08. The molecular formula is C19H22ClNO. The molecule has 0 saturated carbocycles. The van der Waals surface area contributed by atoms with Gasteiger partial charge in [0, 0.05) is 5.02 Å². The van der Waals surface area contributed by atoms with Crippen LogP contribution >= 0.6 is 11.6 Å². The van der Waals surface area contributed by atoms with E-state index in [1.165, 1.54) is 19.3 Å². The number of hydrogen-bond acceptors (Lipinski definition) is 2. The maximum atomic E-state index is 11.0. The maximum absolute atomic E-state index is 11.0. The van der Waals surface area contributed by atoms with Crippen LogP contribution in [0.3, 0.4) is 0 Å². The van der Waals surface area contributed by atoms with Gasteiger partial charge in [0.2, 0.25) is 0 Å². The Hall–Kier alpha value is -1.35. The minimum Gasteiger partial charge on any atom is -0.386 e. The highest BCUT2D eigenvalue weighted by molar-refractivity contribution is 6.30. The molecule has 22 heavy (non-hydrogen) atoms. The molecule has 0 radical (unpaired) electrons. The van der Waals surface area contributed by atoms with Crippen molar-refractivity contribution >= 4 is 11.6 Å². The Morgan fingerprint density at radius 2 is 1.45 bits per heavy atom. The highest BCUT2D eigenvalue weighted by atomic mass is 35.5. The molecule has 0 unspecified atom stereocenters. The molecule has 0 spiro atoms. The van der Waals surface area contributed by atoms with Crippen molar-refractivity contribution in [3.8, 4) is 0 Å². The predicted molar refractivity (Wildman–Crippen MR) is 91.0 cm³/mol. The van der Waals surface area contributed by atoms with E-state index in [4.69, 9.17) is 11.6 Å². The van der Waals surface area contributed by atoms with Crippen LogP contribution < -0.4 is 0 Å². The molecule has 2 atom stereocenters. The Balaban J connectivity index is 1.93. The van der Waals surface area contributed by atoms with Crippen LogP contribution in [0.1, 0.15) is 42.5 Å². The minimum atomic E-state index is -0.527. The van der Waals surface area contributed by atoms with Gasteiger partial charge in [0.25, 0.3) is 0 Å². The molecule has 1 aliphatic rings. The van der Waals surface area contributed by atoms with Gasteiger partial charge in [0.1, 0.15) is 0 Å². The number of hydrogen-bond donors (Lipinski definition) is 1. The third kappa shape index (κ3) is 3.52. The smallest absolute Gasteiger partial charge is 0.0986 e. The number of aliphatic hydroxyl groups is 1. The first-order valence-corrected chi connectivity index (χ1v) is 8.36. The summed E-state index contributed by atoms with van der Waals surface area (Å²) in [5.41, 5.74) is 2.09. The van der Waals surface area contributed by atoms with Gasteiger partial charge in [-0.3, -0.25) is 4.90 Å². The maximum Gasteiger partial charge on any atom is 0.0986 e. The van der Waals surface area contributed by atoms with Crippen molar-refractivity contribution < 1.29 is 5.11 Å². The molecule has 116 valence electrons. The van der Waals surface area contributed by atoms with Gasteiger partial charge in [-0.15, -0.1) is 0 Å². The lowest BCUT2D eigenvalue weighted by atomic mass is 9.93. The van der Waals surface area contributed by atoms with Crippen LogP contribution in [0.25, 0.3) is 0 Å². The van der Waals surface area contributed by atoms with Crippen LogP contribution in [0.15, 0.2) is 54.6 Å². The number of rotatable bonds is 4. The van der Waals surface area contributed by atoms with Crippen molar-refractivity contribution in [1.29, 1.82) is 0 Å². The molecule has 1 aliphatic heterocycles. The van der Waals surface area contributed by atoms with Crippen LogP contribution in [0.5, 0.6) is 0 Å². The zero-order valence-electron chi connectivity index (χ0n) is 12.7. The number of benzene rings is 2. The topological polar surface area (TPSA) is 23.5 Å². The van der Waals surface area contributed by atoms with Gasteiger partial charge in [-0.25, -0.2) is 0 Å². The molecule has 0 aromatic heterocycles. The standard InChI is InChI=1S/C19H22ClNO/c20-17-11-9-15(10-12-17)18(21-13-5-2-6-14-21)19(22)16-7-3-1-4-8-16/h1,3-4,7-12,18-19,22H,2,5-6,13-14H2/t18-,19+/m0/s1. The fraction of sp³-hybridized carbons (Fsp3) is 0.368. The molecule has 2 nitrogen and oxygen atoms in total. The minimum absolute atomic E-state index is 0.0139. The van der Waals surface area contributed by atoms with Crippen LogP contribution in [0.2, 0.25) is 5.02 Å². The molecule has 2 aromatic carbocycles. The molecule has 0 aliphatic carbocycles. The first-order chi connectivity index (χ1) is 10.8. The van der Waals surface area contributed by atoms with E-state index >= 15 is 0 Å². The van der Waals surface area contributed by atoms with Crippen LogP contribution in [0, 0.1) is 0 Å². The number of likely N-dealkylation sites (tertiary alicyclic amines) is 1. The summed E-state index contributed by atoms with van der Waals surface area (Å²) in [4.78, 5) is 2.41. The summed E-state index contributed by atoms with van der Waals surface area (Å²) < 4.78 is 0. The first-order valence-electron chi connectivity index (χ1n) is 7.98. The average molecular weight is 316 g/mol. The summed E-state index contributed by atoms with van der Waals surface area (Å²) in [5, 5.41) is 11.7. The van der Waals surface area contributed by atoms with Crippen molar-refractivity contribution in [3.05, 3.63) is 70.7 Å². The first kappa shape index (κ1) is 15.5. The fourth-order valence-corrected chi connectivity index (χ4v) is 3.41. The predicted octanol–water partition coefficient (Wildman–Crippen LogP) is 4.60. The lowest BCUT2D eigenvalue weighted by molar-refractivity contribution is 0.0362. The number of aliphatic hydroxyl groups excluding tert-OH is 1. The Morgan fingerprint density at radius 1 is 0.818 bits per heavy atom.